The highest BCUT2D eigenvalue weighted by Crippen LogP contribution is 2.32. The number of nitrogens with zero attached hydrogens (tertiary/aromatic N) is 1. The SMILES string of the molecule is CC(=O)N1C=Cc2ccccc2[C@H]1CC(=O)NOCc1ccccc1. The average molecular weight is 336 g/mol. The van der Waals surface area contributed by atoms with Crippen molar-refractivity contribution in [3.8, 4) is 0 Å². The van der Waals surface area contributed by atoms with Gasteiger partial charge in [-0.1, -0.05) is 54.6 Å². The number of rotatable bonds is 5. The number of carbonyl (C=O) groups excluding carboxylic acids is 2. The third-order valence-electron chi connectivity index (χ3n) is 4.12. The second-order valence-electron chi connectivity index (χ2n) is 5.89. The molecule has 25 heavy (non-hydrogen) atoms. The molecule has 128 valence electrons. The van der Waals surface area contributed by atoms with E-state index in [2.05, 4.69) is 5.48 Å². The molecule has 1 N–H and O–H groups in total. The predicted octanol–water partition coefficient (Wildman–Crippen LogP) is 3.20. The van der Waals surface area contributed by atoms with Crippen LogP contribution in [0.2, 0.25) is 0 Å². The highest BCUT2D eigenvalue weighted by Gasteiger charge is 2.28. The maximum Gasteiger partial charge on any atom is 0.245 e. The van der Waals surface area contributed by atoms with Crippen LogP contribution in [0, 0.1) is 0 Å². The Labute approximate surface area is 146 Å². The second kappa shape index (κ2) is 7.77. The standard InChI is InChI=1S/C20H20N2O3/c1-15(23)22-12-11-17-9-5-6-10-18(17)19(22)13-20(24)21-25-14-16-7-3-2-4-8-16/h2-12,19H,13-14H2,1H3,(H,21,24)/t19-/m1/s1. The number of hydrogen-bond acceptors (Lipinski definition) is 3. The Morgan fingerprint density at radius 2 is 1.80 bits per heavy atom. The Balaban J connectivity index is 1.64. The molecule has 2 aromatic carbocycles. The molecule has 0 bridgehead atoms. The lowest BCUT2D eigenvalue weighted by atomic mass is 9.93. The van der Waals surface area contributed by atoms with E-state index in [-0.39, 0.29) is 24.3 Å². The molecule has 1 heterocycles. The molecule has 0 aliphatic carbocycles. The van der Waals surface area contributed by atoms with E-state index < -0.39 is 0 Å². The van der Waals surface area contributed by atoms with Gasteiger partial charge < -0.3 is 4.90 Å². The summed E-state index contributed by atoms with van der Waals surface area (Å²) in [4.78, 5) is 31.1. The minimum absolute atomic E-state index is 0.103. The molecular formula is C20H20N2O3. The minimum atomic E-state index is -0.334. The third-order valence-corrected chi connectivity index (χ3v) is 4.12. The van der Waals surface area contributed by atoms with Crippen molar-refractivity contribution >= 4 is 17.9 Å². The molecule has 1 atom stereocenters. The molecule has 1 aliphatic heterocycles. The normalized spacial score (nSPS) is 15.6. The maximum atomic E-state index is 12.3. The average Bonchev–Trinajstić information content (AvgIpc) is 2.62. The van der Waals surface area contributed by atoms with Gasteiger partial charge in [0.25, 0.3) is 0 Å². The Morgan fingerprint density at radius 1 is 1.08 bits per heavy atom. The van der Waals surface area contributed by atoms with Gasteiger partial charge in [-0.25, -0.2) is 5.48 Å². The fourth-order valence-corrected chi connectivity index (χ4v) is 2.90. The summed E-state index contributed by atoms with van der Waals surface area (Å²) in [6, 6.07) is 17.0. The van der Waals surface area contributed by atoms with Crippen LogP contribution in [0.25, 0.3) is 6.08 Å². The lowest BCUT2D eigenvalue weighted by Gasteiger charge is -2.32. The van der Waals surface area contributed by atoms with Crippen LogP contribution >= 0.6 is 0 Å². The van der Waals surface area contributed by atoms with Crippen LogP contribution in [-0.2, 0) is 21.0 Å². The zero-order valence-electron chi connectivity index (χ0n) is 14.0. The zero-order chi connectivity index (χ0) is 17.6. The molecule has 3 rings (SSSR count). The first-order valence-electron chi connectivity index (χ1n) is 8.16. The third kappa shape index (κ3) is 4.14. The molecule has 0 unspecified atom stereocenters. The molecule has 0 spiro atoms. The van der Waals surface area contributed by atoms with Crippen LogP contribution < -0.4 is 5.48 Å². The largest absolute Gasteiger partial charge is 0.311 e. The molecule has 5 nitrogen and oxygen atoms in total. The van der Waals surface area contributed by atoms with E-state index in [9.17, 15) is 9.59 Å². The van der Waals surface area contributed by atoms with Crippen molar-refractivity contribution < 1.29 is 14.4 Å². The summed E-state index contributed by atoms with van der Waals surface area (Å²) in [6.45, 7) is 1.79. The quantitative estimate of drug-likeness (QED) is 0.853. The fraction of sp³-hybridized carbons (Fsp3) is 0.200. The van der Waals surface area contributed by atoms with E-state index in [0.717, 1.165) is 16.7 Å². The van der Waals surface area contributed by atoms with Gasteiger partial charge in [-0.15, -0.1) is 0 Å². The van der Waals surface area contributed by atoms with Crippen LogP contribution in [0.1, 0.15) is 36.1 Å². The molecule has 2 aromatic rings. The first kappa shape index (κ1) is 16.9. The lowest BCUT2D eigenvalue weighted by molar-refractivity contribution is -0.137. The number of fused-ring (bicyclic) bond motifs is 1. The minimum Gasteiger partial charge on any atom is -0.311 e. The molecule has 5 heteroatoms. The zero-order valence-corrected chi connectivity index (χ0v) is 14.0. The number of hydroxylamine groups is 1. The van der Waals surface area contributed by atoms with Gasteiger partial charge in [0, 0.05) is 13.1 Å². The molecular weight excluding hydrogens is 316 g/mol. The van der Waals surface area contributed by atoms with Gasteiger partial charge in [0.1, 0.15) is 0 Å². The van der Waals surface area contributed by atoms with Gasteiger partial charge in [-0.2, -0.15) is 0 Å². The Bertz CT molecular complexity index is 787. The van der Waals surface area contributed by atoms with Crippen molar-refractivity contribution in [2.45, 2.75) is 26.0 Å². The first-order valence-corrected chi connectivity index (χ1v) is 8.16. The van der Waals surface area contributed by atoms with Crippen LogP contribution in [-0.4, -0.2) is 16.7 Å². The predicted molar refractivity (Wildman–Crippen MR) is 94.7 cm³/mol. The number of benzene rings is 2. The highest BCUT2D eigenvalue weighted by molar-refractivity contribution is 5.81. The molecule has 1 aliphatic rings. The fourth-order valence-electron chi connectivity index (χ4n) is 2.90. The van der Waals surface area contributed by atoms with Crippen LogP contribution in [0.3, 0.4) is 0 Å². The summed E-state index contributed by atoms with van der Waals surface area (Å²) in [5.74, 6) is -0.369. The second-order valence-corrected chi connectivity index (χ2v) is 5.89. The summed E-state index contributed by atoms with van der Waals surface area (Å²) < 4.78 is 0. The maximum absolute atomic E-state index is 12.3. The lowest BCUT2D eigenvalue weighted by Crippen LogP contribution is -2.35. The summed E-state index contributed by atoms with van der Waals surface area (Å²) in [5, 5.41) is 0. The Hall–Kier alpha value is -2.92. The van der Waals surface area contributed by atoms with Crippen molar-refractivity contribution in [2.24, 2.45) is 0 Å². The van der Waals surface area contributed by atoms with E-state index in [1.165, 1.54) is 6.92 Å². The van der Waals surface area contributed by atoms with Gasteiger partial charge in [0.05, 0.1) is 19.1 Å². The van der Waals surface area contributed by atoms with Crippen molar-refractivity contribution in [3.63, 3.8) is 0 Å². The van der Waals surface area contributed by atoms with E-state index in [4.69, 9.17) is 4.84 Å². The van der Waals surface area contributed by atoms with Crippen molar-refractivity contribution in [2.75, 3.05) is 0 Å². The molecule has 0 fully saturated rings. The Kier molecular flexibility index (Phi) is 5.26. The van der Waals surface area contributed by atoms with Crippen molar-refractivity contribution in [3.05, 3.63) is 77.5 Å². The molecule has 0 saturated heterocycles. The smallest absolute Gasteiger partial charge is 0.245 e. The summed E-state index contributed by atoms with van der Waals surface area (Å²) >= 11 is 0. The van der Waals surface area contributed by atoms with Crippen LogP contribution in [0.4, 0.5) is 0 Å². The first-order chi connectivity index (χ1) is 12.1. The molecule has 0 saturated carbocycles. The molecule has 0 radical (unpaired) electrons. The van der Waals surface area contributed by atoms with E-state index >= 15 is 0 Å². The Morgan fingerprint density at radius 3 is 2.56 bits per heavy atom. The van der Waals surface area contributed by atoms with E-state index in [1.807, 2.05) is 60.7 Å². The van der Waals surface area contributed by atoms with Gasteiger partial charge in [-0.3, -0.25) is 14.4 Å². The van der Waals surface area contributed by atoms with Crippen molar-refractivity contribution in [1.29, 1.82) is 0 Å². The molecule has 0 aromatic heterocycles. The van der Waals surface area contributed by atoms with Gasteiger partial charge in [-0.05, 0) is 22.8 Å². The van der Waals surface area contributed by atoms with Gasteiger partial charge >= 0.3 is 0 Å². The summed E-state index contributed by atoms with van der Waals surface area (Å²) in [6.07, 6.45) is 3.75. The van der Waals surface area contributed by atoms with Crippen molar-refractivity contribution in [1.82, 2.24) is 10.4 Å². The topological polar surface area (TPSA) is 58.6 Å². The van der Waals surface area contributed by atoms with E-state index in [1.54, 1.807) is 11.1 Å². The van der Waals surface area contributed by atoms with Crippen LogP contribution in [0.5, 0.6) is 0 Å². The van der Waals surface area contributed by atoms with Crippen LogP contribution in [0.15, 0.2) is 60.8 Å². The number of hydrogen-bond donors (Lipinski definition) is 1. The summed E-state index contributed by atoms with van der Waals surface area (Å²) in [7, 11) is 0. The highest BCUT2D eigenvalue weighted by atomic mass is 16.6. The van der Waals surface area contributed by atoms with Gasteiger partial charge in [0.15, 0.2) is 0 Å². The molecule has 2 amide bonds. The van der Waals surface area contributed by atoms with E-state index in [0.29, 0.717) is 6.61 Å². The number of carbonyl (C=O) groups is 2. The monoisotopic (exact) mass is 336 g/mol. The number of nitrogens with one attached hydrogen (secondary N) is 1. The summed E-state index contributed by atoms with van der Waals surface area (Å²) in [5.41, 5.74) is 5.41. The number of amides is 2. The van der Waals surface area contributed by atoms with Gasteiger partial charge in [0.2, 0.25) is 11.8 Å².